The molecule has 0 bridgehead atoms. The third-order valence-electron chi connectivity index (χ3n) is 9.69. The van der Waals surface area contributed by atoms with E-state index in [-0.39, 0.29) is 0 Å². The van der Waals surface area contributed by atoms with Crippen LogP contribution in [0.4, 0.5) is 0 Å². The average Bonchev–Trinajstić information content (AvgIpc) is 3.66. The van der Waals surface area contributed by atoms with Gasteiger partial charge in [0.25, 0.3) is 0 Å². The van der Waals surface area contributed by atoms with Crippen molar-refractivity contribution in [1.29, 1.82) is 0 Å². The lowest BCUT2D eigenvalue weighted by Crippen LogP contribution is -2.06. The van der Waals surface area contributed by atoms with Crippen molar-refractivity contribution < 1.29 is 0 Å². The van der Waals surface area contributed by atoms with E-state index in [1.54, 1.807) is 11.8 Å². The minimum atomic E-state index is 0.680. The van der Waals surface area contributed by atoms with Gasteiger partial charge in [-0.15, -0.1) is 0 Å². The van der Waals surface area contributed by atoms with Crippen molar-refractivity contribution in [1.82, 2.24) is 19.1 Å². The lowest BCUT2D eigenvalue weighted by atomic mass is 9.98. The van der Waals surface area contributed by atoms with Crippen molar-refractivity contribution in [2.75, 3.05) is 0 Å². The molecule has 0 spiro atoms. The second-order valence-electron chi connectivity index (χ2n) is 12.2. The van der Waals surface area contributed by atoms with Crippen LogP contribution in [0.25, 0.3) is 88.2 Å². The van der Waals surface area contributed by atoms with E-state index < -0.39 is 0 Å². The SMILES string of the molecule is c1ccc(-n2c3ccccc3c3c4ccccc4c4c5ccccc5n(-c5nc6c7c(cccc7n5)Sc5ccccc5-6)c4c32)cc1. The summed E-state index contributed by atoms with van der Waals surface area (Å²) in [7, 11) is 0. The fourth-order valence-corrected chi connectivity index (χ4v) is 8.94. The minimum absolute atomic E-state index is 0.680. The summed E-state index contributed by atoms with van der Waals surface area (Å²) in [6.45, 7) is 0. The van der Waals surface area contributed by atoms with Crippen LogP contribution in [0.3, 0.4) is 0 Å². The highest BCUT2D eigenvalue weighted by molar-refractivity contribution is 7.99. The Bertz CT molecular complexity index is 2940. The third-order valence-corrected chi connectivity index (χ3v) is 10.8. The Hall–Kier alpha value is -5.91. The van der Waals surface area contributed by atoms with Crippen LogP contribution in [0.2, 0.25) is 0 Å². The highest BCUT2D eigenvalue weighted by atomic mass is 32.2. The highest BCUT2D eigenvalue weighted by Gasteiger charge is 2.27. The Morgan fingerprint density at radius 3 is 1.74 bits per heavy atom. The molecule has 0 saturated carbocycles. The number of benzene rings is 7. The van der Waals surface area contributed by atoms with Crippen molar-refractivity contribution in [3.8, 4) is 22.9 Å². The zero-order valence-corrected chi connectivity index (χ0v) is 25.9. The summed E-state index contributed by atoms with van der Waals surface area (Å²) in [4.78, 5) is 13.3. The van der Waals surface area contributed by atoms with E-state index >= 15 is 0 Å². The first-order valence-corrected chi connectivity index (χ1v) is 16.7. The molecule has 1 aliphatic heterocycles. The maximum absolute atomic E-state index is 5.49. The second kappa shape index (κ2) is 9.32. The highest BCUT2D eigenvalue weighted by Crippen LogP contribution is 2.49. The van der Waals surface area contributed by atoms with E-state index in [4.69, 9.17) is 9.97 Å². The summed E-state index contributed by atoms with van der Waals surface area (Å²) in [5.41, 5.74) is 8.75. The number of para-hydroxylation sites is 3. The summed E-state index contributed by atoms with van der Waals surface area (Å²) in [5.74, 6) is 0.680. The number of aromatic nitrogens is 4. The summed E-state index contributed by atoms with van der Waals surface area (Å²) >= 11 is 1.80. The molecule has 0 saturated heterocycles. The Labute approximate surface area is 273 Å². The van der Waals surface area contributed by atoms with Gasteiger partial charge in [0.05, 0.1) is 33.3 Å². The number of hydrogen-bond acceptors (Lipinski definition) is 3. The van der Waals surface area contributed by atoms with E-state index in [9.17, 15) is 0 Å². The first-order valence-electron chi connectivity index (χ1n) is 15.9. The number of fused-ring (bicyclic) bond motifs is 12. The van der Waals surface area contributed by atoms with Gasteiger partial charge in [-0.25, -0.2) is 9.97 Å². The monoisotopic (exact) mass is 616 g/mol. The van der Waals surface area contributed by atoms with Crippen LogP contribution in [-0.2, 0) is 0 Å². The number of nitrogens with zero attached hydrogens (tertiary/aromatic N) is 4. The van der Waals surface area contributed by atoms with Gasteiger partial charge in [-0.05, 0) is 53.2 Å². The van der Waals surface area contributed by atoms with E-state index in [0.717, 1.165) is 44.4 Å². The molecular weight excluding hydrogens is 593 g/mol. The minimum Gasteiger partial charge on any atom is -0.307 e. The molecule has 5 heteroatoms. The van der Waals surface area contributed by atoms with Gasteiger partial charge in [-0.3, -0.25) is 4.57 Å². The molecule has 47 heavy (non-hydrogen) atoms. The van der Waals surface area contributed by atoms with Crippen molar-refractivity contribution in [2.45, 2.75) is 9.79 Å². The maximum atomic E-state index is 5.49. The predicted molar refractivity (Wildman–Crippen MR) is 195 cm³/mol. The molecule has 0 fully saturated rings. The molecule has 3 aromatic heterocycles. The van der Waals surface area contributed by atoms with E-state index in [2.05, 4.69) is 155 Å². The molecule has 0 unspecified atom stereocenters. The van der Waals surface area contributed by atoms with Crippen molar-refractivity contribution in [3.63, 3.8) is 0 Å². The lowest BCUT2D eigenvalue weighted by Gasteiger charge is -2.20. The largest absolute Gasteiger partial charge is 0.307 e. The third kappa shape index (κ3) is 3.33. The van der Waals surface area contributed by atoms with Crippen LogP contribution in [0.15, 0.2) is 155 Å². The summed E-state index contributed by atoms with van der Waals surface area (Å²) in [6, 6.07) is 52.1. The molecule has 7 aromatic carbocycles. The van der Waals surface area contributed by atoms with Crippen LogP contribution >= 0.6 is 11.8 Å². The smallest absolute Gasteiger partial charge is 0.235 e. The molecular formula is C42H24N4S. The quantitative estimate of drug-likeness (QED) is 0.194. The Morgan fingerprint density at radius 1 is 0.426 bits per heavy atom. The van der Waals surface area contributed by atoms with E-state index in [1.807, 2.05) is 0 Å². The van der Waals surface area contributed by atoms with Crippen molar-refractivity contribution in [3.05, 3.63) is 146 Å². The molecule has 10 aromatic rings. The molecule has 4 nitrogen and oxygen atoms in total. The summed E-state index contributed by atoms with van der Waals surface area (Å²) < 4.78 is 4.76. The molecule has 0 aliphatic carbocycles. The topological polar surface area (TPSA) is 35.6 Å². The van der Waals surface area contributed by atoms with Crippen LogP contribution in [0.1, 0.15) is 0 Å². The number of rotatable bonds is 2. The van der Waals surface area contributed by atoms with Gasteiger partial charge in [-0.1, -0.05) is 115 Å². The van der Waals surface area contributed by atoms with Crippen LogP contribution in [0, 0.1) is 0 Å². The van der Waals surface area contributed by atoms with Crippen LogP contribution < -0.4 is 0 Å². The Balaban J connectivity index is 1.42. The first-order chi connectivity index (χ1) is 23.3. The van der Waals surface area contributed by atoms with E-state index in [1.165, 1.54) is 47.6 Å². The Morgan fingerprint density at radius 2 is 1.00 bits per heavy atom. The fraction of sp³-hybridized carbons (Fsp3) is 0. The second-order valence-corrected chi connectivity index (χ2v) is 13.2. The number of hydrogen-bond donors (Lipinski definition) is 0. The summed E-state index contributed by atoms with van der Waals surface area (Å²) in [5, 5.41) is 8.46. The zero-order valence-electron chi connectivity index (χ0n) is 25.1. The van der Waals surface area contributed by atoms with Crippen molar-refractivity contribution in [2.24, 2.45) is 0 Å². The van der Waals surface area contributed by atoms with Crippen LogP contribution in [0.5, 0.6) is 0 Å². The standard InChI is InChI=1S/C42H24N4S/c1-2-13-25(14-3-1)45-32-21-9-6-17-28(32)36-26-15-4-5-16-27(26)37-29-18-7-10-22-33(29)46(41(37)40(36)45)42-43-31-20-12-24-35-38(31)39(44-42)30-19-8-11-23-34(30)47-35/h1-24H. The van der Waals surface area contributed by atoms with E-state index in [0.29, 0.717) is 5.95 Å². The molecule has 4 heterocycles. The molecule has 0 N–H and O–H groups in total. The molecule has 0 atom stereocenters. The van der Waals surface area contributed by atoms with Gasteiger partial charge in [0.1, 0.15) is 0 Å². The molecule has 218 valence electrons. The lowest BCUT2D eigenvalue weighted by molar-refractivity contribution is 1.01. The fourth-order valence-electron chi connectivity index (χ4n) is 7.83. The molecule has 1 aliphatic rings. The van der Waals surface area contributed by atoms with Crippen molar-refractivity contribution >= 4 is 77.0 Å². The first kappa shape index (κ1) is 25.3. The maximum Gasteiger partial charge on any atom is 0.235 e. The van der Waals surface area contributed by atoms with Gasteiger partial charge >= 0.3 is 0 Å². The molecule has 0 radical (unpaired) electrons. The van der Waals surface area contributed by atoms with Gasteiger partial charge in [0.15, 0.2) is 0 Å². The summed E-state index contributed by atoms with van der Waals surface area (Å²) in [6.07, 6.45) is 0. The van der Waals surface area contributed by atoms with Gasteiger partial charge < -0.3 is 4.57 Å². The zero-order chi connectivity index (χ0) is 30.6. The van der Waals surface area contributed by atoms with Gasteiger partial charge in [0, 0.05) is 48.0 Å². The van der Waals surface area contributed by atoms with Gasteiger partial charge in [0.2, 0.25) is 5.95 Å². The van der Waals surface area contributed by atoms with Crippen LogP contribution in [-0.4, -0.2) is 19.1 Å². The predicted octanol–water partition coefficient (Wildman–Crippen LogP) is 11.1. The Kier molecular flexibility index (Phi) is 5.02. The van der Waals surface area contributed by atoms with Gasteiger partial charge in [-0.2, -0.15) is 0 Å². The molecule has 0 amide bonds. The average molecular weight is 617 g/mol. The normalized spacial score (nSPS) is 12.6. The molecule has 11 rings (SSSR count).